The van der Waals surface area contributed by atoms with Crippen LogP contribution in [-0.4, -0.2) is 44.4 Å². The van der Waals surface area contributed by atoms with E-state index >= 15 is 0 Å². The SMILES string of the molecule is O=C(COC(=O)c1cc(Br)ccc1Cl)N[C@@H]1CCS(=O)(=O)C1. The summed E-state index contributed by atoms with van der Waals surface area (Å²) < 4.78 is 28.1. The molecule has 0 spiro atoms. The quantitative estimate of drug-likeness (QED) is 0.761. The first-order valence-electron chi connectivity index (χ1n) is 6.39. The van der Waals surface area contributed by atoms with Crippen molar-refractivity contribution in [1.82, 2.24) is 5.32 Å². The van der Waals surface area contributed by atoms with E-state index in [0.717, 1.165) is 0 Å². The Morgan fingerprint density at radius 1 is 1.41 bits per heavy atom. The number of nitrogens with one attached hydrogen (secondary N) is 1. The summed E-state index contributed by atoms with van der Waals surface area (Å²) in [4.78, 5) is 23.5. The molecule has 1 atom stereocenters. The van der Waals surface area contributed by atoms with E-state index < -0.39 is 34.4 Å². The Hall–Kier alpha value is -1.12. The van der Waals surface area contributed by atoms with E-state index in [9.17, 15) is 18.0 Å². The first kappa shape index (κ1) is 17.2. The van der Waals surface area contributed by atoms with Gasteiger partial charge in [-0.1, -0.05) is 27.5 Å². The van der Waals surface area contributed by atoms with Crippen molar-refractivity contribution in [3.8, 4) is 0 Å². The second-order valence-electron chi connectivity index (χ2n) is 4.87. The van der Waals surface area contributed by atoms with Gasteiger partial charge in [0.25, 0.3) is 5.91 Å². The van der Waals surface area contributed by atoms with Crippen LogP contribution < -0.4 is 5.32 Å². The van der Waals surface area contributed by atoms with E-state index in [-0.39, 0.29) is 22.1 Å². The van der Waals surface area contributed by atoms with E-state index in [0.29, 0.717) is 10.9 Å². The lowest BCUT2D eigenvalue weighted by Gasteiger charge is -2.11. The van der Waals surface area contributed by atoms with Gasteiger partial charge in [-0.3, -0.25) is 4.79 Å². The first-order valence-corrected chi connectivity index (χ1v) is 9.38. The average molecular weight is 411 g/mol. The number of sulfone groups is 1. The highest BCUT2D eigenvalue weighted by atomic mass is 79.9. The zero-order chi connectivity index (χ0) is 16.3. The van der Waals surface area contributed by atoms with Gasteiger partial charge in [-0.05, 0) is 24.6 Å². The normalized spacial score (nSPS) is 19.6. The molecule has 1 saturated heterocycles. The molecule has 1 heterocycles. The minimum Gasteiger partial charge on any atom is -0.452 e. The summed E-state index contributed by atoms with van der Waals surface area (Å²) in [5.74, 6) is -1.28. The lowest BCUT2D eigenvalue weighted by Crippen LogP contribution is -2.38. The number of rotatable bonds is 4. The van der Waals surface area contributed by atoms with Crippen LogP contribution in [0.25, 0.3) is 0 Å². The van der Waals surface area contributed by atoms with Crippen molar-refractivity contribution < 1.29 is 22.7 Å². The molecular formula is C13H13BrClNO5S. The van der Waals surface area contributed by atoms with Crippen molar-refractivity contribution in [2.75, 3.05) is 18.1 Å². The molecule has 1 aromatic rings. The summed E-state index contributed by atoms with van der Waals surface area (Å²) >= 11 is 9.10. The van der Waals surface area contributed by atoms with Crippen molar-refractivity contribution >= 4 is 49.2 Å². The summed E-state index contributed by atoms with van der Waals surface area (Å²) in [5, 5.41) is 2.75. The summed E-state index contributed by atoms with van der Waals surface area (Å²) in [6, 6.07) is 4.27. The Kier molecular flexibility index (Phi) is 5.46. The number of carbonyl (C=O) groups excluding carboxylic acids is 2. The number of esters is 1. The van der Waals surface area contributed by atoms with Gasteiger partial charge >= 0.3 is 5.97 Å². The fourth-order valence-corrected chi connectivity index (χ4v) is 4.27. The van der Waals surface area contributed by atoms with Gasteiger partial charge < -0.3 is 10.1 Å². The van der Waals surface area contributed by atoms with E-state index in [1.165, 1.54) is 12.1 Å². The van der Waals surface area contributed by atoms with Gasteiger partial charge in [-0.15, -0.1) is 0 Å². The third kappa shape index (κ3) is 4.69. The first-order chi connectivity index (χ1) is 10.3. The number of hydrogen-bond donors (Lipinski definition) is 1. The number of ether oxygens (including phenoxy) is 1. The van der Waals surface area contributed by atoms with Gasteiger partial charge in [0.2, 0.25) is 0 Å². The lowest BCUT2D eigenvalue weighted by atomic mass is 10.2. The number of benzene rings is 1. The Bertz CT molecular complexity index is 706. The predicted octanol–water partition coefficient (Wildman–Crippen LogP) is 1.56. The molecule has 1 N–H and O–H groups in total. The van der Waals surface area contributed by atoms with E-state index in [2.05, 4.69) is 21.2 Å². The van der Waals surface area contributed by atoms with Crippen LogP contribution >= 0.6 is 27.5 Å². The number of hydrogen-bond acceptors (Lipinski definition) is 5. The van der Waals surface area contributed by atoms with Gasteiger partial charge in [-0.25, -0.2) is 13.2 Å². The number of carbonyl (C=O) groups is 2. The molecule has 1 aliphatic heterocycles. The van der Waals surface area contributed by atoms with Gasteiger partial charge in [0, 0.05) is 10.5 Å². The van der Waals surface area contributed by atoms with Gasteiger partial charge in [0.15, 0.2) is 16.4 Å². The summed E-state index contributed by atoms with van der Waals surface area (Å²) in [7, 11) is -3.07. The average Bonchev–Trinajstić information content (AvgIpc) is 2.78. The molecule has 0 saturated carbocycles. The van der Waals surface area contributed by atoms with Crippen LogP contribution in [0.1, 0.15) is 16.8 Å². The highest BCUT2D eigenvalue weighted by molar-refractivity contribution is 9.10. The van der Waals surface area contributed by atoms with Crippen LogP contribution in [0, 0.1) is 0 Å². The Labute approximate surface area is 141 Å². The smallest absolute Gasteiger partial charge is 0.340 e. The monoisotopic (exact) mass is 409 g/mol. The van der Waals surface area contributed by atoms with Gasteiger partial charge in [0.1, 0.15) is 0 Å². The summed E-state index contributed by atoms with van der Waals surface area (Å²) in [6.45, 7) is -0.488. The zero-order valence-corrected chi connectivity index (χ0v) is 14.5. The molecule has 0 bridgehead atoms. The standard InChI is InChI=1S/C13H13BrClNO5S/c14-8-1-2-11(15)10(5-8)13(18)21-6-12(17)16-9-3-4-22(19,20)7-9/h1-2,5,9H,3-4,6-7H2,(H,16,17)/t9-/m1/s1. The molecular weight excluding hydrogens is 398 g/mol. The molecule has 1 amide bonds. The van der Waals surface area contributed by atoms with Crippen LogP contribution in [0.3, 0.4) is 0 Å². The number of amides is 1. The molecule has 0 aromatic heterocycles. The predicted molar refractivity (Wildman–Crippen MR) is 84.6 cm³/mol. The second kappa shape index (κ2) is 6.97. The zero-order valence-electron chi connectivity index (χ0n) is 11.3. The molecule has 6 nitrogen and oxygen atoms in total. The fourth-order valence-electron chi connectivity index (χ4n) is 2.04. The van der Waals surface area contributed by atoms with Gasteiger partial charge in [0.05, 0.1) is 22.1 Å². The second-order valence-corrected chi connectivity index (χ2v) is 8.42. The van der Waals surface area contributed by atoms with Crippen LogP contribution in [0.15, 0.2) is 22.7 Å². The van der Waals surface area contributed by atoms with Crippen LogP contribution in [-0.2, 0) is 19.4 Å². The molecule has 0 radical (unpaired) electrons. The van der Waals surface area contributed by atoms with E-state index in [4.69, 9.17) is 16.3 Å². The minimum atomic E-state index is -3.07. The highest BCUT2D eigenvalue weighted by Gasteiger charge is 2.29. The Morgan fingerprint density at radius 3 is 2.77 bits per heavy atom. The molecule has 0 aliphatic carbocycles. The molecule has 1 aromatic carbocycles. The van der Waals surface area contributed by atoms with Crippen molar-refractivity contribution in [3.63, 3.8) is 0 Å². The molecule has 2 rings (SSSR count). The topological polar surface area (TPSA) is 89.5 Å². The molecule has 22 heavy (non-hydrogen) atoms. The van der Waals surface area contributed by atoms with Crippen molar-refractivity contribution in [1.29, 1.82) is 0 Å². The summed E-state index contributed by atoms with van der Waals surface area (Å²) in [5.41, 5.74) is 0.146. The van der Waals surface area contributed by atoms with Crippen LogP contribution in [0.4, 0.5) is 0 Å². The maximum absolute atomic E-state index is 11.9. The van der Waals surface area contributed by atoms with Crippen molar-refractivity contribution in [2.45, 2.75) is 12.5 Å². The lowest BCUT2D eigenvalue weighted by molar-refractivity contribution is -0.124. The van der Waals surface area contributed by atoms with Crippen LogP contribution in [0.5, 0.6) is 0 Å². The van der Waals surface area contributed by atoms with Crippen molar-refractivity contribution in [3.05, 3.63) is 33.3 Å². The van der Waals surface area contributed by atoms with Gasteiger partial charge in [-0.2, -0.15) is 0 Å². The Morgan fingerprint density at radius 2 is 2.14 bits per heavy atom. The molecule has 0 unspecified atom stereocenters. The molecule has 9 heteroatoms. The third-order valence-corrected chi connectivity index (χ3v) is 5.67. The minimum absolute atomic E-state index is 0.0609. The third-order valence-electron chi connectivity index (χ3n) is 3.08. The Balaban J connectivity index is 1.86. The van der Waals surface area contributed by atoms with Crippen molar-refractivity contribution in [2.24, 2.45) is 0 Å². The van der Waals surface area contributed by atoms with E-state index in [1.54, 1.807) is 6.07 Å². The largest absolute Gasteiger partial charge is 0.452 e. The molecule has 120 valence electrons. The summed E-state index contributed by atoms with van der Waals surface area (Å²) in [6.07, 6.45) is 0.374. The maximum Gasteiger partial charge on any atom is 0.340 e. The maximum atomic E-state index is 11.9. The molecule has 1 aliphatic rings. The van der Waals surface area contributed by atoms with Crippen LogP contribution in [0.2, 0.25) is 5.02 Å². The van der Waals surface area contributed by atoms with E-state index in [1.807, 2.05) is 0 Å². The number of halogens is 2. The molecule has 1 fully saturated rings. The fraction of sp³-hybridized carbons (Fsp3) is 0.385. The highest BCUT2D eigenvalue weighted by Crippen LogP contribution is 2.21.